The van der Waals surface area contributed by atoms with Gasteiger partial charge in [-0.15, -0.1) is 0 Å². The van der Waals surface area contributed by atoms with Gasteiger partial charge in [-0.1, -0.05) is 6.07 Å². The lowest BCUT2D eigenvalue weighted by molar-refractivity contribution is -0.133. The van der Waals surface area contributed by atoms with Gasteiger partial charge in [-0.25, -0.2) is 22.8 Å². The first kappa shape index (κ1) is 22.1. The van der Waals surface area contributed by atoms with E-state index < -0.39 is 15.7 Å². The number of hydrogen-bond acceptors (Lipinski definition) is 7. The highest BCUT2D eigenvalue weighted by Gasteiger charge is 2.37. The molecule has 0 aliphatic carbocycles. The standard InChI is InChI=1S/C22H24FN5O3S/c1-32(30,31)19-3-2-16(20(23)11-19)10-17-4-9-28(21(17)29)18-5-7-27(8-6-18)22-25-13-15(12-24)14-26-22/h2-3,11,13-14,17-18H,4-10H2,1H3/t17-/m1/s1. The van der Waals surface area contributed by atoms with E-state index in [0.29, 0.717) is 43.1 Å². The summed E-state index contributed by atoms with van der Waals surface area (Å²) in [4.78, 5) is 25.4. The first-order valence-corrected chi connectivity index (χ1v) is 12.4. The number of likely N-dealkylation sites (tertiary alicyclic amines) is 1. The predicted octanol–water partition coefficient (Wildman–Crippen LogP) is 1.95. The van der Waals surface area contributed by atoms with Crippen molar-refractivity contribution in [3.8, 4) is 6.07 Å². The lowest BCUT2D eigenvalue weighted by Crippen LogP contribution is -2.46. The molecule has 3 heterocycles. The fraction of sp³-hybridized carbons (Fsp3) is 0.455. The molecular weight excluding hydrogens is 433 g/mol. The summed E-state index contributed by atoms with van der Waals surface area (Å²) in [5.74, 6) is -0.269. The summed E-state index contributed by atoms with van der Waals surface area (Å²) in [6.07, 6.45) is 6.56. The van der Waals surface area contributed by atoms with Crippen molar-refractivity contribution >= 4 is 21.7 Å². The first-order valence-electron chi connectivity index (χ1n) is 10.5. The minimum absolute atomic E-state index is 0.0321. The van der Waals surface area contributed by atoms with Crippen LogP contribution in [0, 0.1) is 23.1 Å². The molecule has 2 saturated heterocycles. The van der Waals surface area contributed by atoms with Crippen LogP contribution < -0.4 is 4.90 Å². The van der Waals surface area contributed by atoms with Gasteiger partial charge in [0, 0.05) is 37.8 Å². The Morgan fingerprint density at radius 1 is 1.16 bits per heavy atom. The first-order chi connectivity index (χ1) is 15.3. The van der Waals surface area contributed by atoms with E-state index >= 15 is 0 Å². The molecule has 0 saturated carbocycles. The molecule has 10 heteroatoms. The third kappa shape index (κ3) is 4.58. The Bertz CT molecular complexity index is 1160. The zero-order valence-corrected chi connectivity index (χ0v) is 18.6. The SMILES string of the molecule is CS(=O)(=O)c1ccc(C[C@H]2CCN(C3CCN(c4ncc(C#N)cn4)CC3)C2=O)c(F)c1. The van der Waals surface area contributed by atoms with Gasteiger partial charge in [0.2, 0.25) is 11.9 Å². The molecule has 8 nitrogen and oxygen atoms in total. The number of piperidine rings is 1. The normalized spacial score (nSPS) is 19.9. The minimum atomic E-state index is -3.47. The van der Waals surface area contributed by atoms with Gasteiger partial charge in [0.05, 0.1) is 22.9 Å². The molecule has 2 fully saturated rings. The number of halogens is 1. The van der Waals surface area contributed by atoms with E-state index in [2.05, 4.69) is 9.97 Å². The Hall–Kier alpha value is -3.06. The molecule has 2 aliphatic heterocycles. The largest absolute Gasteiger partial charge is 0.341 e. The van der Waals surface area contributed by atoms with Crippen LogP contribution in [0.25, 0.3) is 0 Å². The topological polar surface area (TPSA) is 107 Å². The Morgan fingerprint density at radius 3 is 2.44 bits per heavy atom. The number of anilines is 1. The second kappa shape index (κ2) is 8.82. The Morgan fingerprint density at radius 2 is 1.84 bits per heavy atom. The summed E-state index contributed by atoms with van der Waals surface area (Å²) < 4.78 is 37.6. The quantitative estimate of drug-likeness (QED) is 0.675. The molecule has 0 bridgehead atoms. The Balaban J connectivity index is 1.35. The van der Waals surface area contributed by atoms with Crippen molar-refractivity contribution in [1.29, 1.82) is 5.26 Å². The van der Waals surface area contributed by atoms with Crippen molar-refractivity contribution in [1.82, 2.24) is 14.9 Å². The highest BCUT2D eigenvalue weighted by molar-refractivity contribution is 7.90. The molecule has 1 amide bonds. The zero-order chi connectivity index (χ0) is 22.9. The third-order valence-corrected chi connectivity index (χ3v) is 7.34. The van der Waals surface area contributed by atoms with Crippen LogP contribution >= 0.6 is 0 Å². The minimum Gasteiger partial charge on any atom is -0.341 e. The number of benzene rings is 1. The number of nitrogens with zero attached hydrogens (tertiary/aromatic N) is 5. The van der Waals surface area contributed by atoms with Gasteiger partial charge in [0.15, 0.2) is 9.84 Å². The van der Waals surface area contributed by atoms with Gasteiger partial charge in [-0.05, 0) is 43.4 Å². The molecule has 1 aromatic heterocycles. The fourth-order valence-electron chi connectivity index (χ4n) is 4.42. The van der Waals surface area contributed by atoms with Gasteiger partial charge in [-0.2, -0.15) is 5.26 Å². The highest BCUT2D eigenvalue weighted by Crippen LogP contribution is 2.29. The lowest BCUT2D eigenvalue weighted by Gasteiger charge is -2.36. The molecule has 0 radical (unpaired) electrons. The predicted molar refractivity (Wildman–Crippen MR) is 115 cm³/mol. The van der Waals surface area contributed by atoms with Crippen LogP contribution in [0.15, 0.2) is 35.5 Å². The van der Waals surface area contributed by atoms with Gasteiger partial charge in [-0.3, -0.25) is 4.79 Å². The molecule has 1 aromatic carbocycles. The summed E-state index contributed by atoms with van der Waals surface area (Å²) >= 11 is 0. The number of rotatable bonds is 5. The number of hydrogen-bond donors (Lipinski definition) is 0. The van der Waals surface area contributed by atoms with E-state index in [1.807, 2.05) is 15.9 Å². The summed E-state index contributed by atoms with van der Waals surface area (Å²) in [5.41, 5.74) is 0.783. The maximum atomic E-state index is 14.4. The number of aromatic nitrogens is 2. The summed E-state index contributed by atoms with van der Waals surface area (Å²) in [5, 5.41) is 8.87. The second-order valence-corrected chi connectivity index (χ2v) is 10.4. The summed E-state index contributed by atoms with van der Waals surface area (Å²) in [6.45, 7) is 2.07. The summed E-state index contributed by atoms with van der Waals surface area (Å²) in [7, 11) is -3.47. The Kier molecular flexibility index (Phi) is 6.11. The van der Waals surface area contributed by atoms with Crippen molar-refractivity contribution in [2.45, 2.75) is 36.6 Å². The van der Waals surface area contributed by atoms with E-state index in [1.165, 1.54) is 24.5 Å². The highest BCUT2D eigenvalue weighted by atomic mass is 32.2. The summed E-state index contributed by atoms with van der Waals surface area (Å²) in [6, 6.07) is 6.02. The number of amides is 1. The van der Waals surface area contributed by atoms with Crippen LogP contribution in [0.3, 0.4) is 0 Å². The molecule has 168 valence electrons. The maximum absolute atomic E-state index is 14.4. The number of nitriles is 1. The van der Waals surface area contributed by atoms with E-state index in [1.54, 1.807) is 0 Å². The van der Waals surface area contributed by atoms with Gasteiger partial charge < -0.3 is 9.80 Å². The van der Waals surface area contributed by atoms with Crippen LogP contribution in [0.4, 0.5) is 10.3 Å². The van der Waals surface area contributed by atoms with E-state index in [0.717, 1.165) is 25.2 Å². The number of carbonyl (C=O) groups is 1. The molecular formula is C22H24FN5O3S. The average Bonchev–Trinajstić information content (AvgIpc) is 3.14. The lowest BCUT2D eigenvalue weighted by atomic mass is 9.97. The smallest absolute Gasteiger partial charge is 0.226 e. The number of carbonyl (C=O) groups excluding carboxylic acids is 1. The molecule has 4 rings (SSSR count). The van der Waals surface area contributed by atoms with Crippen molar-refractivity contribution in [3.63, 3.8) is 0 Å². The van der Waals surface area contributed by atoms with E-state index in [9.17, 15) is 17.6 Å². The van der Waals surface area contributed by atoms with Crippen LogP contribution in [-0.2, 0) is 21.1 Å². The fourth-order valence-corrected chi connectivity index (χ4v) is 5.06. The van der Waals surface area contributed by atoms with Crippen molar-refractivity contribution in [2.75, 3.05) is 30.8 Å². The molecule has 0 spiro atoms. The van der Waals surface area contributed by atoms with Crippen molar-refractivity contribution in [3.05, 3.63) is 47.5 Å². The van der Waals surface area contributed by atoms with Crippen LogP contribution in [-0.4, -0.2) is 61.1 Å². The molecule has 32 heavy (non-hydrogen) atoms. The molecule has 0 unspecified atom stereocenters. The molecule has 2 aliphatic rings. The zero-order valence-electron chi connectivity index (χ0n) is 17.7. The molecule has 0 N–H and O–H groups in total. The Labute approximate surface area is 186 Å². The van der Waals surface area contributed by atoms with Gasteiger partial charge in [0.1, 0.15) is 11.9 Å². The average molecular weight is 458 g/mol. The van der Waals surface area contributed by atoms with Gasteiger partial charge in [0.25, 0.3) is 0 Å². The monoisotopic (exact) mass is 457 g/mol. The van der Waals surface area contributed by atoms with E-state index in [-0.39, 0.29) is 29.2 Å². The molecule has 1 atom stereocenters. The molecule has 2 aromatic rings. The second-order valence-electron chi connectivity index (χ2n) is 8.35. The van der Waals surface area contributed by atoms with Crippen LogP contribution in [0.2, 0.25) is 0 Å². The maximum Gasteiger partial charge on any atom is 0.226 e. The number of sulfone groups is 1. The van der Waals surface area contributed by atoms with E-state index in [4.69, 9.17) is 5.26 Å². The third-order valence-electron chi connectivity index (χ3n) is 6.23. The van der Waals surface area contributed by atoms with Crippen LogP contribution in [0.1, 0.15) is 30.4 Å². The van der Waals surface area contributed by atoms with Crippen molar-refractivity contribution in [2.24, 2.45) is 5.92 Å². The van der Waals surface area contributed by atoms with Crippen LogP contribution in [0.5, 0.6) is 0 Å². The van der Waals surface area contributed by atoms with Crippen molar-refractivity contribution < 1.29 is 17.6 Å². The van der Waals surface area contributed by atoms with Gasteiger partial charge >= 0.3 is 0 Å².